The summed E-state index contributed by atoms with van der Waals surface area (Å²) >= 11 is 4.16. The molecule has 0 aliphatic carbocycles. The standard InChI is InChI=1S/C14H20N6O4S2.C7H11N3O2S/c1-19-5-17-9(3-7(15)13(21)22)11(19)25-26-12-10(18-6-20(12)2)4-8(16)14(23)24;1-10-3-9-5(6(10)13)2-4(8)7(11)12/h5-8H,3-4,15-16H2,1-2H3,(H,21,22)(H,23,24);3-4,13H,2,8H2,1H3,(H,11,12)/t7-,8-;4-/m00/s1. The SMILES string of the molecule is Cn1cnc(C[C@H](N)C(=O)O)c1S.Cn1cnc(C[C@H](N)C(=O)O)c1SSc1c(C[C@H](N)C(=O)O)ncn1C. The van der Waals surface area contributed by atoms with Gasteiger partial charge in [-0.15, -0.1) is 12.6 Å². The third-order valence-electron chi connectivity index (χ3n) is 5.28. The van der Waals surface area contributed by atoms with E-state index in [1.165, 1.54) is 21.6 Å². The lowest BCUT2D eigenvalue weighted by Gasteiger charge is -2.10. The van der Waals surface area contributed by atoms with Crippen molar-refractivity contribution < 1.29 is 29.7 Å². The molecule has 9 N–H and O–H groups in total. The fourth-order valence-corrected chi connectivity index (χ4v) is 5.92. The summed E-state index contributed by atoms with van der Waals surface area (Å²) in [6, 6.07) is -2.98. The molecule has 18 heteroatoms. The Morgan fingerprint density at radius 3 is 1.33 bits per heavy atom. The van der Waals surface area contributed by atoms with Crippen molar-refractivity contribution in [2.75, 3.05) is 0 Å². The molecule has 0 spiro atoms. The number of carboxylic acids is 3. The first-order valence-electron chi connectivity index (χ1n) is 11.2. The fraction of sp³-hybridized carbons (Fsp3) is 0.429. The summed E-state index contributed by atoms with van der Waals surface area (Å²) in [4.78, 5) is 44.8. The van der Waals surface area contributed by atoms with E-state index in [4.69, 9.17) is 32.5 Å². The van der Waals surface area contributed by atoms with Crippen molar-refractivity contribution in [2.45, 2.75) is 52.5 Å². The summed E-state index contributed by atoms with van der Waals surface area (Å²) < 4.78 is 5.26. The third kappa shape index (κ3) is 9.01. The number of aromatic nitrogens is 6. The molecule has 0 aromatic carbocycles. The van der Waals surface area contributed by atoms with Crippen molar-refractivity contribution in [3.05, 3.63) is 36.1 Å². The van der Waals surface area contributed by atoms with E-state index in [1.54, 1.807) is 53.8 Å². The molecule has 15 nitrogen and oxygen atoms in total. The molecule has 3 heterocycles. The van der Waals surface area contributed by atoms with E-state index in [0.29, 0.717) is 22.1 Å². The summed E-state index contributed by atoms with van der Waals surface area (Å²) in [5.74, 6) is -3.20. The Balaban J connectivity index is 0.000000344. The summed E-state index contributed by atoms with van der Waals surface area (Å²) in [6.07, 6.45) is 5.19. The van der Waals surface area contributed by atoms with Crippen molar-refractivity contribution in [1.82, 2.24) is 28.7 Å². The molecule has 214 valence electrons. The second kappa shape index (κ2) is 14.4. The maximum Gasteiger partial charge on any atom is 0.320 e. The zero-order valence-corrected chi connectivity index (χ0v) is 23.9. The van der Waals surface area contributed by atoms with Crippen LogP contribution in [0.2, 0.25) is 0 Å². The monoisotopic (exact) mass is 601 g/mol. The van der Waals surface area contributed by atoms with Crippen LogP contribution in [0, 0.1) is 0 Å². The maximum absolute atomic E-state index is 11.0. The number of hydrogen-bond acceptors (Lipinski definition) is 12. The summed E-state index contributed by atoms with van der Waals surface area (Å²) in [5, 5.41) is 28.7. The van der Waals surface area contributed by atoms with Gasteiger partial charge in [-0.3, -0.25) is 14.4 Å². The maximum atomic E-state index is 11.0. The Labute approximate surface area is 237 Å². The second-order valence-corrected chi connectivity index (χ2v) is 11.0. The highest BCUT2D eigenvalue weighted by atomic mass is 33.1. The van der Waals surface area contributed by atoms with Crippen LogP contribution >= 0.6 is 34.2 Å². The predicted octanol–water partition coefficient (Wildman–Crippen LogP) is -0.475. The number of hydrogen-bond donors (Lipinski definition) is 7. The molecule has 39 heavy (non-hydrogen) atoms. The second-order valence-electron chi connectivity index (χ2n) is 8.45. The molecule has 0 bridgehead atoms. The molecule has 0 radical (unpaired) electrons. The molecule has 0 saturated carbocycles. The zero-order chi connectivity index (χ0) is 29.4. The number of imidazole rings is 3. The van der Waals surface area contributed by atoms with Crippen molar-refractivity contribution in [1.29, 1.82) is 0 Å². The molecule has 0 aliphatic heterocycles. The van der Waals surface area contributed by atoms with Crippen LogP contribution in [-0.4, -0.2) is 80.0 Å². The number of nitrogens with zero attached hydrogens (tertiary/aromatic N) is 6. The molecule has 3 aromatic heterocycles. The summed E-state index contributed by atoms with van der Waals surface area (Å²) in [7, 11) is 8.14. The lowest BCUT2D eigenvalue weighted by Crippen LogP contribution is -2.32. The number of carbonyl (C=O) groups is 3. The van der Waals surface area contributed by atoms with Gasteiger partial charge in [0.25, 0.3) is 0 Å². The van der Waals surface area contributed by atoms with E-state index < -0.39 is 36.0 Å². The van der Waals surface area contributed by atoms with E-state index in [2.05, 4.69) is 27.6 Å². The van der Waals surface area contributed by atoms with Crippen LogP contribution in [0.25, 0.3) is 0 Å². The van der Waals surface area contributed by atoms with E-state index in [1.807, 2.05) is 0 Å². The van der Waals surface area contributed by atoms with Gasteiger partial charge in [-0.2, -0.15) is 0 Å². The van der Waals surface area contributed by atoms with E-state index >= 15 is 0 Å². The Morgan fingerprint density at radius 2 is 1.03 bits per heavy atom. The van der Waals surface area contributed by atoms with Crippen LogP contribution in [0.4, 0.5) is 0 Å². The van der Waals surface area contributed by atoms with Crippen molar-refractivity contribution in [3.8, 4) is 0 Å². The first-order valence-corrected chi connectivity index (χ1v) is 13.8. The van der Waals surface area contributed by atoms with Gasteiger partial charge in [0.2, 0.25) is 0 Å². The van der Waals surface area contributed by atoms with Gasteiger partial charge in [0, 0.05) is 40.4 Å². The van der Waals surface area contributed by atoms with Crippen LogP contribution in [0.1, 0.15) is 17.1 Å². The zero-order valence-electron chi connectivity index (χ0n) is 21.3. The third-order valence-corrected chi connectivity index (χ3v) is 8.49. The van der Waals surface area contributed by atoms with Gasteiger partial charge in [0.15, 0.2) is 0 Å². The fourth-order valence-electron chi connectivity index (χ4n) is 3.01. The molecule has 0 amide bonds. The molecule has 3 rings (SSSR count). The number of aryl methyl sites for hydroxylation is 3. The minimum absolute atomic E-state index is 0.112. The average Bonchev–Trinajstić information content (AvgIpc) is 3.50. The van der Waals surface area contributed by atoms with Crippen molar-refractivity contribution >= 4 is 52.1 Å². The molecule has 0 saturated heterocycles. The van der Waals surface area contributed by atoms with Crippen LogP contribution in [-0.2, 0) is 54.8 Å². The highest BCUT2D eigenvalue weighted by Gasteiger charge is 2.22. The first kappa shape index (κ1) is 32.2. The van der Waals surface area contributed by atoms with Gasteiger partial charge < -0.3 is 46.2 Å². The van der Waals surface area contributed by atoms with E-state index in [0.717, 1.165) is 10.1 Å². The van der Waals surface area contributed by atoms with E-state index in [-0.39, 0.29) is 19.3 Å². The van der Waals surface area contributed by atoms with Gasteiger partial charge >= 0.3 is 17.9 Å². The van der Waals surface area contributed by atoms with Gasteiger partial charge in [-0.25, -0.2) is 15.0 Å². The molecule has 3 aromatic rings. The Kier molecular flexibility index (Phi) is 11.9. The highest BCUT2D eigenvalue weighted by molar-refractivity contribution is 8.76. The van der Waals surface area contributed by atoms with Gasteiger partial charge in [0.05, 0.1) is 41.1 Å². The Bertz CT molecular complexity index is 1240. The predicted molar refractivity (Wildman–Crippen MR) is 147 cm³/mol. The summed E-state index contributed by atoms with van der Waals surface area (Å²) in [5.41, 5.74) is 18.3. The Morgan fingerprint density at radius 1 is 0.718 bits per heavy atom. The largest absolute Gasteiger partial charge is 0.480 e. The average molecular weight is 602 g/mol. The van der Waals surface area contributed by atoms with Crippen molar-refractivity contribution in [2.24, 2.45) is 38.3 Å². The van der Waals surface area contributed by atoms with Gasteiger partial charge in [-0.05, 0) is 21.6 Å². The summed E-state index contributed by atoms with van der Waals surface area (Å²) in [6.45, 7) is 0. The van der Waals surface area contributed by atoms with Crippen LogP contribution in [0.3, 0.4) is 0 Å². The minimum Gasteiger partial charge on any atom is -0.480 e. The number of rotatable bonds is 12. The number of thiol groups is 1. The lowest BCUT2D eigenvalue weighted by molar-refractivity contribution is -0.139. The Hall–Kier alpha value is -3.03. The molecule has 0 fully saturated rings. The first-order chi connectivity index (χ1) is 18.2. The van der Waals surface area contributed by atoms with Crippen molar-refractivity contribution in [3.63, 3.8) is 0 Å². The number of aliphatic carboxylic acids is 3. The van der Waals surface area contributed by atoms with E-state index in [9.17, 15) is 14.4 Å². The number of carboxylic acid groups (broad SMARTS) is 3. The molecular weight excluding hydrogens is 570 g/mol. The molecule has 3 atom stereocenters. The van der Waals surface area contributed by atoms with Crippen LogP contribution in [0.5, 0.6) is 0 Å². The minimum atomic E-state index is -1.09. The lowest BCUT2D eigenvalue weighted by atomic mass is 10.2. The highest BCUT2D eigenvalue weighted by Crippen LogP contribution is 2.40. The smallest absolute Gasteiger partial charge is 0.320 e. The molecule has 0 aliphatic rings. The normalized spacial score (nSPS) is 13.3. The van der Waals surface area contributed by atoms with Gasteiger partial charge in [-0.1, -0.05) is 0 Å². The van der Waals surface area contributed by atoms with Crippen LogP contribution < -0.4 is 17.2 Å². The molecule has 0 unspecified atom stereocenters. The van der Waals surface area contributed by atoms with Crippen LogP contribution in [0.15, 0.2) is 34.1 Å². The molecular formula is C21H31N9O6S3. The number of nitrogens with two attached hydrogens (primary N) is 3. The van der Waals surface area contributed by atoms with Gasteiger partial charge in [0.1, 0.15) is 28.2 Å². The topological polar surface area (TPSA) is 243 Å². The quantitative estimate of drug-likeness (QED) is 0.102.